The summed E-state index contributed by atoms with van der Waals surface area (Å²) in [6.07, 6.45) is 0.589. The zero-order chi connectivity index (χ0) is 24.2. The normalized spacial score (nSPS) is 11.9. The number of carbonyl (C=O) groups is 1. The lowest BCUT2D eigenvalue weighted by atomic mass is 10.1. The van der Waals surface area contributed by atoms with E-state index in [9.17, 15) is 9.59 Å². The lowest BCUT2D eigenvalue weighted by molar-refractivity contribution is 0.0672. The van der Waals surface area contributed by atoms with Crippen molar-refractivity contribution < 1.29 is 9.53 Å². The third-order valence-corrected chi connectivity index (χ3v) is 6.09. The van der Waals surface area contributed by atoms with Crippen LogP contribution in [0.5, 0.6) is 5.75 Å². The Morgan fingerprint density at radius 2 is 1.68 bits per heavy atom. The second-order valence-corrected chi connectivity index (χ2v) is 8.18. The number of amides is 1. The minimum atomic E-state index is -0.416. The summed E-state index contributed by atoms with van der Waals surface area (Å²) in [5.41, 5.74) is 2.71. The zero-order valence-corrected chi connectivity index (χ0v) is 20.0. The molecule has 0 saturated carbocycles. The van der Waals surface area contributed by atoms with Gasteiger partial charge in [-0.2, -0.15) is 0 Å². The molecule has 1 unspecified atom stereocenters. The highest BCUT2D eigenvalue weighted by atomic mass is 16.5. The van der Waals surface area contributed by atoms with Crippen LogP contribution >= 0.6 is 0 Å². The van der Waals surface area contributed by atoms with Gasteiger partial charge in [0.15, 0.2) is 0 Å². The van der Waals surface area contributed by atoms with Crippen LogP contribution in [0.15, 0.2) is 77.6 Å². The fourth-order valence-corrected chi connectivity index (χ4v) is 4.33. The van der Waals surface area contributed by atoms with Crippen molar-refractivity contribution in [3.8, 4) is 11.4 Å². The summed E-state index contributed by atoms with van der Waals surface area (Å²) in [5, 5.41) is 0.514. The van der Waals surface area contributed by atoms with Gasteiger partial charge in [0.05, 0.1) is 29.7 Å². The van der Waals surface area contributed by atoms with Gasteiger partial charge in [-0.05, 0) is 56.7 Å². The molecule has 0 aliphatic rings. The first-order valence-corrected chi connectivity index (χ1v) is 11.5. The predicted octanol–water partition coefficient (Wildman–Crippen LogP) is 5.32. The largest absolute Gasteiger partial charge is 0.495 e. The summed E-state index contributed by atoms with van der Waals surface area (Å²) in [6.45, 7) is 6.41. The molecule has 4 aromatic rings. The van der Waals surface area contributed by atoms with Gasteiger partial charge in [-0.15, -0.1) is 0 Å². The van der Waals surface area contributed by atoms with Crippen molar-refractivity contribution in [1.82, 2.24) is 14.5 Å². The smallest absolute Gasteiger partial charge is 0.266 e. The molecule has 0 aliphatic carbocycles. The molecule has 174 valence electrons. The summed E-state index contributed by atoms with van der Waals surface area (Å²) in [6, 6.07) is 21.8. The molecule has 0 aliphatic heterocycles. The first-order valence-electron chi connectivity index (χ1n) is 11.5. The molecular weight excluding hydrogens is 426 g/mol. The summed E-state index contributed by atoms with van der Waals surface area (Å²) < 4.78 is 7.18. The molecule has 0 saturated heterocycles. The summed E-state index contributed by atoms with van der Waals surface area (Å²) >= 11 is 0. The van der Waals surface area contributed by atoms with E-state index < -0.39 is 6.04 Å². The van der Waals surface area contributed by atoms with Crippen molar-refractivity contribution in [1.29, 1.82) is 0 Å². The van der Waals surface area contributed by atoms with E-state index in [-0.39, 0.29) is 11.5 Å². The average molecular weight is 456 g/mol. The van der Waals surface area contributed by atoms with E-state index in [4.69, 9.17) is 9.72 Å². The SMILES string of the molecule is CCC(c1nc2ccccc2c(=O)n1-c1ccccc1OC)N(CC)C(=O)c1ccc(C)cc1. The van der Waals surface area contributed by atoms with E-state index in [1.165, 1.54) is 0 Å². The van der Waals surface area contributed by atoms with Gasteiger partial charge in [-0.25, -0.2) is 4.98 Å². The number of fused-ring (bicyclic) bond motifs is 1. The van der Waals surface area contributed by atoms with Crippen LogP contribution in [0.4, 0.5) is 0 Å². The maximum Gasteiger partial charge on any atom is 0.266 e. The number of benzene rings is 3. The van der Waals surface area contributed by atoms with Crippen molar-refractivity contribution in [3.63, 3.8) is 0 Å². The average Bonchev–Trinajstić information content (AvgIpc) is 2.87. The Morgan fingerprint density at radius 3 is 2.35 bits per heavy atom. The topological polar surface area (TPSA) is 64.4 Å². The van der Waals surface area contributed by atoms with Crippen LogP contribution in [0.25, 0.3) is 16.6 Å². The van der Waals surface area contributed by atoms with Gasteiger partial charge < -0.3 is 9.64 Å². The number of nitrogens with zero attached hydrogens (tertiary/aromatic N) is 3. The number of aromatic nitrogens is 2. The van der Waals surface area contributed by atoms with Crippen LogP contribution in [-0.2, 0) is 0 Å². The van der Waals surface area contributed by atoms with Gasteiger partial charge in [0.1, 0.15) is 11.6 Å². The highest BCUT2D eigenvalue weighted by molar-refractivity contribution is 5.94. The number of aryl methyl sites for hydroxylation is 1. The first-order chi connectivity index (χ1) is 16.5. The molecule has 4 rings (SSSR count). The number of para-hydroxylation sites is 3. The number of carbonyl (C=O) groups excluding carboxylic acids is 1. The highest BCUT2D eigenvalue weighted by Gasteiger charge is 2.29. The molecule has 6 nitrogen and oxygen atoms in total. The van der Waals surface area contributed by atoms with Gasteiger partial charge in [-0.3, -0.25) is 14.2 Å². The molecule has 1 amide bonds. The molecule has 0 fully saturated rings. The second kappa shape index (κ2) is 9.91. The minimum Gasteiger partial charge on any atom is -0.495 e. The van der Waals surface area contributed by atoms with Crippen LogP contribution in [0.3, 0.4) is 0 Å². The van der Waals surface area contributed by atoms with E-state index in [2.05, 4.69) is 0 Å². The maximum atomic E-state index is 13.8. The lowest BCUT2D eigenvalue weighted by Crippen LogP contribution is -2.38. The Labute approximate surface area is 199 Å². The van der Waals surface area contributed by atoms with Gasteiger partial charge in [0.25, 0.3) is 11.5 Å². The zero-order valence-electron chi connectivity index (χ0n) is 20.0. The summed E-state index contributed by atoms with van der Waals surface area (Å²) in [4.78, 5) is 34.1. The second-order valence-electron chi connectivity index (χ2n) is 8.18. The molecule has 0 radical (unpaired) electrons. The standard InChI is InChI=1S/C28H29N3O3/c1-5-23(30(6-2)27(32)20-17-15-19(3)16-18-20)26-29-22-12-8-7-11-21(22)28(33)31(26)24-13-9-10-14-25(24)34-4/h7-18,23H,5-6H2,1-4H3. The van der Waals surface area contributed by atoms with Crippen molar-refractivity contribution >= 4 is 16.8 Å². The number of rotatable bonds is 7. The third-order valence-electron chi connectivity index (χ3n) is 6.09. The number of ether oxygens (including phenoxy) is 1. The van der Waals surface area contributed by atoms with E-state index in [0.717, 1.165) is 5.56 Å². The van der Waals surface area contributed by atoms with E-state index in [1.807, 2.05) is 87.5 Å². The molecule has 1 aromatic heterocycles. The van der Waals surface area contributed by atoms with Crippen molar-refractivity contribution in [2.75, 3.05) is 13.7 Å². The van der Waals surface area contributed by atoms with Crippen molar-refractivity contribution in [2.45, 2.75) is 33.2 Å². The molecule has 3 aromatic carbocycles. The fourth-order valence-electron chi connectivity index (χ4n) is 4.33. The third kappa shape index (κ3) is 4.19. The number of hydrogen-bond acceptors (Lipinski definition) is 4. The Hall–Kier alpha value is -3.93. The molecule has 34 heavy (non-hydrogen) atoms. The molecule has 0 bridgehead atoms. The molecule has 0 N–H and O–H groups in total. The predicted molar refractivity (Wildman–Crippen MR) is 135 cm³/mol. The Balaban J connectivity index is 1.96. The lowest BCUT2D eigenvalue weighted by Gasteiger charge is -2.31. The van der Waals surface area contributed by atoms with Crippen LogP contribution in [0.1, 0.15) is 48.1 Å². The van der Waals surface area contributed by atoms with Gasteiger partial charge in [0.2, 0.25) is 0 Å². The molecule has 1 atom stereocenters. The van der Waals surface area contributed by atoms with E-state index in [0.29, 0.717) is 46.7 Å². The van der Waals surface area contributed by atoms with Crippen LogP contribution in [-0.4, -0.2) is 34.0 Å². The highest BCUT2D eigenvalue weighted by Crippen LogP contribution is 2.30. The van der Waals surface area contributed by atoms with Crippen molar-refractivity contribution in [2.24, 2.45) is 0 Å². The quantitative estimate of drug-likeness (QED) is 0.379. The summed E-state index contributed by atoms with van der Waals surface area (Å²) in [7, 11) is 1.58. The van der Waals surface area contributed by atoms with E-state index in [1.54, 1.807) is 22.6 Å². The molecular formula is C28H29N3O3. The molecule has 1 heterocycles. The summed E-state index contributed by atoms with van der Waals surface area (Å²) in [5.74, 6) is 0.979. The van der Waals surface area contributed by atoms with Gasteiger partial charge in [-0.1, -0.05) is 48.9 Å². The van der Waals surface area contributed by atoms with Crippen LogP contribution < -0.4 is 10.3 Å². The first kappa shape index (κ1) is 23.2. The molecule has 6 heteroatoms. The van der Waals surface area contributed by atoms with Gasteiger partial charge in [0, 0.05) is 12.1 Å². The number of hydrogen-bond donors (Lipinski definition) is 0. The molecule has 0 spiro atoms. The van der Waals surface area contributed by atoms with E-state index >= 15 is 0 Å². The monoisotopic (exact) mass is 455 g/mol. The maximum absolute atomic E-state index is 13.8. The van der Waals surface area contributed by atoms with Crippen LogP contribution in [0.2, 0.25) is 0 Å². The van der Waals surface area contributed by atoms with Gasteiger partial charge >= 0.3 is 0 Å². The Morgan fingerprint density at radius 1 is 1.00 bits per heavy atom. The Bertz CT molecular complexity index is 1380. The fraction of sp³-hybridized carbons (Fsp3) is 0.250. The minimum absolute atomic E-state index is 0.0941. The van der Waals surface area contributed by atoms with Crippen LogP contribution in [0, 0.1) is 6.92 Å². The number of methoxy groups -OCH3 is 1. The Kier molecular flexibility index (Phi) is 6.77. The van der Waals surface area contributed by atoms with Crippen molar-refractivity contribution in [3.05, 3.63) is 100 Å².